The van der Waals surface area contributed by atoms with Gasteiger partial charge in [-0.1, -0.05) is 29.3 Å². The lowest BCUT2D eigenvalue weighted by atomic mass is 10.2. The standard InChI is InChI=1S/C14H11Cl2NOS/c1-19-11-5-6-13(16)12(8-11)14(18)17-10-4-2-3-9(15)7-10/h2-8H,1H3,(H,17,18). The summed E-state index contributed by atoms with van der Waals surface area (Å²) in [6.45, 7) is 0. The molecule has 0 aromatic heterocycles. The third-order valence-electron chi connectivity index (χ3n) is 2.50. The maximum Gasteiger partial charge on any atom is 0.257 e. The molecular weight excluding hydrogens is 301 g/mol. The summed E-state index contributed by atoms with van der Waals surface area (Å²) < 4.78 is 0. The summed E-state index contributed by atoms with van der Waals surface area (Å²) in [5.41, 5.74) is 1.09. The molecule has 0 unspecified atom stereocenters. The Bertz CT molecular complexity index is 616. The molecule has 1 N–H and O–H groups in total. The molecule has 0 saturated heterocycles. The minimum atomic E-state index is -0.247. The van der Waals surface area contributed by atoms with Crippen LogP contribution in [-0.2, 0) is 0 Å². The molecule has 19 heavy (non-hydrogen) atoms. The van der Waals surface area contributed by atoms with E-state index in [2.05, 4.69) is 5.32 Å². The van der Waals surface area contributed by atoms with Crippen molar-refractivity contribution in [2.45, 2.75) is 4.90 Å². The van der Waals surface area contributed by atoms with Crippen molar-refractivity contribution in [2.75, 3.05) is 11.6 Å². The van der Waals surface area contributed by atoms with E-state index in [1.165, 1.54) is 0 Å². The first-order valence-corrected chi connectivity index (χ1v) is 7.48. The van der Waals surface area contributed by atoms with Crippen LogP contribution in [0.4, 0.5) is 5.69 Å². The van der Waals surface area contributed by atoms with E-state index in [1.807, 2.05) is 12.3 Å². The minimum Gasteiger partial charge on any atom is -0.322 e. The highest BCUT2D eigenvalue weighted by atomic mass is 35.5. The van der Waals surface area contributed by atoms with Crippen molar-refractivity contribution in [2.24, 2.45) is 0 Å². The van der Waals surface area contributed by atoms with Crippen molar-refractivity contribution in [3.8, 4) is 0 Å². The van der Waals surface area contributed by atoms with Gasteiger partial charge < -0.3 is 5.32 Å². The van der Waals surface area contributed by atoms with Gasteiger partial charge in [0.15, 0.2) is 0 Å². The largest absolute Gasteiger partial charge is 0.322 e. The normalized spacial score (nSPS) is 10.3. The Hall–Kier alpha value is -1.16. The van der Waals surface area contributed by atoms with E-state index in [9.17, 15) is 4.79 Å². The molecule has 0 radical (unpaired) electrons. The zero-order valence-electron chi connectivity index (χ0n) is 10.1. The van der Waals surface area contributed by atoms with E-state index in [0.717, 1.165) is 4.90 Å². The van der Waals surface area contributed by atoms with E-state index in [0.29, 0.717) is 21.3 Å². The summed E-state index contributed by atoms with van der Waals surface area (Å²) in [4.78, 5) is 13.2. The number of hydrogen-bond acceptors (Lipinski definition) is 2. The molecule has 98 valence electrons. The van der Waals surface area contributed by atoms with Gasteiger partial charge >= 0.3 is 0 Å². The van der Waals surface area contributed by atoms with Gasteiger partial charge in [0.25, 0.3) is 5.91 Å². The fourth-order valence-electron chi connectivity index (χ4n) is 1.57. The Morgan fingerprint density at radius 2 is 1.95 bits per heavy atom. The summed E-state index contributed by atoms with van der Waals surface area (Å²) in [5.74, 6) is -0.247. The van der Waals surface area contributed by atoms with E-state index >= 15 is 0 Å². The Balaban J connectivity index is 2.25. The van der Waals surface area contributed by atoms with Gasteiger partial charge in [0.1, 0.15) is 0 Å². The molecule has 0 saturated carbocycles. The lowest BCUT2D eigenvalue weighted by Crippen LogP contribution is -2.12. The van der Waals surface area contributed by atoms with Crippen LogP contribution in [0.5, 0.6) is 0 Å². The molecule has 2 nitrogen and oxygen atoms in total. The van der Waals surface area contributed by atoms with E-state index in [4.69, 9.17) is 23.2 Å². The quantitative estimate of drug-likeness (QED) is 0.811. The molecule has 2 aromatic rings. The highest BCUT2D eigenvalue weighted by Gasteiger charge is 2.11. The van der Waals surface area contributed by atoms with Gasteiger partial charge in [-0.25, -0.2) is 0 Å². The molecular formula is C14H11Cl2NOS. The maximum atomic E-state index is 12.2. The minimum absolute atomic E-state index is 0.247. The molecule has 1 amide bonds. The third-order valence-corrected chi connectivity index (χ3v) is 3.79. The number of anilines is 1. The van der Waals surface area contributed by atoms with Crippen molar-refractivity contribution in [1.29, 1.82) is 0 Å². The second kappa shape index (κ2) is 6.33. The Morgan fingerprint density at radius 1 is 1.16 bits per heavy atom. The summed E-state index contributed by atoms with van der Waals surface area (Å²) in [6.07, 6.45) is 1.95. The molecule has 0 aliphatic rings. The lowest BCUT2D eigenvalue weighted by Gasteiger charge is -2.08. The van der Waals surface area contributed by atoms with Crippen molar-refractivity contribution >= 4 is 46.6 Å². The van der Waals surface area contributed by atoms with E-state index in [1.54, 1.807) is 48.2 Å². The van der Waals surface area contributed by atoms with Gasteiger partial charge in [-0.2, -0.15) is 0 Å². The van der Waals surface area contributed by atoms with Crippen LogP contribution in [0.1, 0.15) is 10.4 Å². The summed E-state index contributed by atoms with van der Waals surface area (Å²) >= 11 is 13.5. The molecule has 5 heteroatoms. The fourth-order valence-corrected chi connectivity index (χ4v) is 2.40. The second-order valence-corrected chi connectivity index (χ2v) is 5.53. The van der Waals surface area contributed by atoms with Crippen molar-refractivity contribution in [3.63, 3.8) is 0 Å². The molecule has 0 bridgehead atoms. The highest BCUT2D eigenvalue weighted by Crippen LogP contribution is 2.24. The van der Waals surface area contributed by atoms with Gasteiger partial charge in [-0.15, -0.1) is 11.8 Å². The zero-order chi connectivity index (χ0) is 13.8. The van der Waals surface area contributed by atoms with Crippen LogP contribution in [0.3, 0.4) is 0 Å². The molecule has 2 rings (SSSR count). The van der Waals surface area contributed by atoms with Crippen LogP contribution < -0.4 is 5.32 Å². The molecule has 0 heterocycles. The Labute approximate surface area is 126 Å². The number of amides is 1. The molecule has 0 fully saturated rings. The predicted octanol–water partition coefficient (Wildman–Crippen LogP) is 4.97. The molecule has 2 aromatic carbocycles. The average Bonchev–Trinajstić information content (AvgIpc) is 2.39. The lowest BCUT2D eigenvalue weighted by molar-refractivity contribution is 0.102. The molecule has 0 spiro atoms. The number of carbonyl (C=O) groups is 1. The fraction of sp³-hybridized carbons (Fsp3) is 0.0714. The van der Waals surface area contributed by atoms with Crippen molar-refractivity contribution in [1.82, 2.24) is 0 Å². The summed E-state index contributed by atoms with van der Waals surface area (Å²) in [6, 6.07) is 12.4. The highest BCUT2D eigenvalue weighted by molar-refractivity contribution is 7.98. The van der Waals surface area contributed by atoms with Crippen LogP contribution >= 0.6 is 35.0 Å². The monoisotopic (exact) mass is 311 g/mol. The van der Waals surface area contributed by atoms with Crippen LogP contribution in [0, 0.1) is 0 Å². The number of carbonyl (C=O) groups excluding carboxylic acids is 1. The number of thioether (sulfide) groups is 1. The number of benzene rings is 2. The third kappa shape index (κ3) is 3.66. The smallest absolute Gasteiger partial charge is 0.257 e. The topological polar surface area (TPSA) is 29.1 Å². The molecule has 0 atom stereocenters. The first kappa shape index (κ1) is 14.3. The van der Waals surface area contributed by atoms with Gasteiger partial charge in [-0.05, 0) is 42.7 Å². The Morgan fingerprint density at radius 3 is 2.63 bits per heavy atom. The first-order valence-electron chi connectivity index (χ1n) is 5.50. The summed E-state index contributed by atoms with van der Waals surface area (Å²) in [7, 11) is 0. The van der Waals surface area contributed by atoms with Crippen molar-refractivity contribution in [3.05, 3.63) is 58.1 Å². The van der Waals surface area contributed by atoms with Gasteiger partial charge in [0.05, 0.1) is 10.6 Å². The van der Waals surface area contributed by atoms with Gasteiger partial charge in [0, 0.05) is 15.6 Å². The van der Waals surface area contributed by atoms with Crippen LogP contribution in [0.2, 0.25) is 10.0 Å². The number of nitrogens with one attached hydrogen (secondary N) is 1. The van der Waals surface area contributed by atoms with Crippen LogP contribution in [0.15, 0.2) is 47.4 Å². The zero-order valence-corrected chi connectivity index (χ0v) is 12.4. The van der Waals surface area contributed by atoms with Crippen LogP contribution in [-0.4, -0.2) is 12.2 Å². The SMILES string of the molecule is CSc1ccc(Cl)c(C(=O)Nc2cccc(Cl)c2)c1. The van der Waals surface area contributed by atoms with Gasteiger partial charge in [-0.3, -0.25) is 4.79 Å². The first-order chi connectivity index (χ1) is 9.10. The maximum absolute atomic E-state index is 12.2. The van der Waals surface area contributed by atoms with E-state index in [-0.39, 0.29) is 5.91 Å². The van der Waals surface area contributed by atoms with Gasteiger partial charge in [0.2, 0.25) is 0 Å². The van der Waals surface area contributed by atoms with Crippen molar-refractivity contribution < 1.29 is 4.79 Å². The molecule has 0 aliphatic carbocycles. The number of halogens is 2. The summed E-state index contributed by atoms with van der Waals surface area (Å²) in [5, 5.41) is 3.77. The Kier molecular flexibility index (Phi) is 4.75. The van der Waals surface area contributed by atoms with Crippen LogP contribution in [0.25, 0.3) is 0 Å². The molecule has 0 aliphatic heterocycles. The number of hydrogen-bond donors (Lipinski definition) is 1. The predicted molar refractivity (Wildman–Crippen MR) is 82.6 cm³/mol. The average molecular weight is 312 g/mol. The number of rotatable bonds is 3. The second-order valence-electron chi connectivity index (χ2n) is 3.81. The van der Waals surface area contributed by atoms with E-state index < -0.39 is 0 Å².